The van der Waals surface area contributed by atoms with Crippen LogP contribution in [0.4, 0.5) is 0 Å². The number of amides is 12. The number of carbonyl (C=O) groups excluding carboxylic acids is 13. The molecular weight excluding hydrogens is 1380 g/mol. The van der Waals surface area contributed by atoms with E-state index in [1.807, 2.05) is 0 Å². The molecule has 14 unspecified atom stereocenters. The molecule has 2 heterocycles. The maximum atomic E-state index is 15.0. The Morgan fingerprint density at radius 1 is 0.585 bits per heavy atom. The number of nitrogens with two attached hydrogens (primary N) is 2. The van der Waals surface area contributed by atoms with E-state index in [2.05, 4.69) is 63.8 Å². The van der Waals surface area contributed by atoms with Gasteiger partial charge >= 0.3 is 11.9 Å². The van der Waals surface area contributed by atoms with E-state index in [-0.39, 0.29) is 62.3 Å². The molecule has 0 bridgehead atoms. The zero-order chi connectivity index (χ0) is 78.5. The van der Waals surface area contributed by atoms with Crippen molar-refractivity contribution < 1.29 is 102 Å². The second kappa shape index (κ2) is 42.4. The fraction of sp³-hybridized carbons (Fsp3) is 0.549. The van der Waals surface area contributed by atoms with Crippen molar-refractivity contribution in [2.75, 3.05) is 19.7 Å². The van der Waals surface area contributed by atoms with E-state index in [9.17, 15) is 93.0 Å². The number of esters is 1. The van der Waals surface area contributed by atoms with Crippen molar-refractivity contribution in [2.24, 2.45) is 23.3 Å². The predicted octanol–water partition coefficient (Wildman–Crippen LogP) is -3.41. The van der Waals surface area contributed by atoms with E-state index in [4.69, 9.17) is 16.2 Å². The van der Waals surface area contributed by atoms with Crippen molar-refractivity contribution in [3.63, 3.8) is 0 Å². The van der Waals surface area contributed by atoms with Crippen molar-refractivity contribution in [1.82, 2.24) is 63.8 Å². The Balaban J connectivity index is 1.63. The summed E-state index contributed by atoms with van der Waals surface area (Å²) in [6, 6.07) is -2.92. The summed E-state index contributed by atoms with van der Waals surface area (Å²) in [7, 11) is 0. The second-order valence-electron chi connectivity index (χ2n) is 27.0. The number of aliphatic carboxylic acids is 1. The highest BCUT2D eigenvalue weighted by Gasteiger charge is 2.40. The number of phenols is 3. The van der Waals surface area contributed by atoms with Crippen LogP contribution in [0.3, 0.4) is 0 Å². The van der Waals surface area contributed by atoms with E-state index in [0.29, 0.717) is 42.5 Å². The monoisotopic (exact) mass is 1490 g/mol. The number of nitrogens with one attached hydrogen (secondary N) is 12. The first-order chi connectivity index (χ1) is 50.2. The van der Waals surface area contributed by atoms with Gasteiger partial charge in [0.05, 0.1) is 18.2 Å². The number of unbranched alkanes of at least 4 members (excludes halogenated alkanes) is 1. The minimum absolute atomic E-state index is 0.0940. The molecule has 2 fully saturated rings. The predicted molar refractivity (Wildman–Crippen MR) is 379 cm³/mol. The number of carbonyl (C=O) groups is 14. The Kier molecular flexibility index (Phi) is 34.5. The summed E-state index contributed by atoms with van der Waals surface area (Å²) in [6.07, 6.45) is -6.16. The molecule has 0 aromatic heterocycles. The summed E-state index contributed by atoms with van der Waals surface area (Å²) in [5.74, 6) is -17.2. The average molecular weight is 1490 g/mol. The Morgan fingerprint density at radius 2 is 1.08 bits per heavy atom. The largest absolute Gasteiger partial charge is 0.508 e. The van der Waals surface area contributed by atoms with Crippen LogP contribution in [0, 0.1) is 11.8 Å². The summed E-state index contributed by atoms with van der Waals surface area (Å²) in [5.41, 5.74) is 12.3. The Morgan fingerprint density at radius 3 is 1.61 bits per heavy atom. The van der Waals surface area contributed by atoms with Gasteiger partial charge < -0.3 is 111 Å². The minimum Gasteiger partial charge on any atom is -0.508 e. The maximum absolute atomic E-state index is 15.0. The molecule has 0 spiro atoms. The highest BCUT2D eigenvalue weighted by Crippen LogP contribution is 2.19. The zero-order valence-electron chi connectivity index (χ0n) is 60.1. The van der Waals surface area contributed by atoms with Gasteiger partial charge in [-0.15, -0.1) is 0 Å². The third-order valence-corrected chi connectivity index (χ3v) is 18.0. The fourth-order valence-electron chi connectivity index (χ4n) is 11.5. The molecular formula is C71H102N14O21. The van der Waals surface area contributed by atoms with Crippen molar-refractivity contribution >= 4 is 82.8 Å². The maximum Gasteiger partial charge on any atom is 0.329 e. The third kappa shape index (κ3) is 28.2. The van der Waals surface area contributed by atoms with Gasteiger partial charge in [-0.25, -0.2) is 4.79 Å². The third-order valence-electron chi connectivity index (χ3n) is 18.0. The smallest absolute Gasteiger partial charge is 0.329 e. The first kappa shape index (κ1) is 86.1. The second-order valence-corrected chi connectivity index (χ2v) is 27.0. The number of aliphatic hydroxyl groups is 2. The van der Waals surface area contributed by atoms with E-state index >= 15 is 4.79 Å². The van der Waals surface area contributed by atoms with Crippen LogP contribution < -0.4 is 75.3 Å². The lowest BCUT2D eigenvalue weighted by Crippen LogP contribution is -2.63. The normalized spacial score (nSPS) is 24.2. The lowest BCUT2D eigenvalue weighted by atomic mass is 9.97. The summed E-state index contributed by atoms with van der Waals surface area (Å²) < 4.78 is 5.63. The summed E-state index contributed by atoms with van der Waals surface area (Å²) in [4.78, 5) is 198. The first-order valence-corrected chi connectivity index (χ1v) is 35.3. The number of rotatable bonds is 26. The Bertz CT molecular complexity index is 3520. The first-order valence-electron chi connectivity index (χ1n) is 35.3. The van der Waals surface area contributed by atoms with Crippen LogP contribution in [0.25, 0.3) is 0 Å². The highest BCUT2D eigenvalue weighted by atomic mass is 16.5. The number of carboxylic acids is 1. The summed E-state index contributed by atoms with van der Waals surface area (Å²) in [5, 5.41) is 94.0. The molecule has 0 aliphatic carbocycles. The van der Waals surface area contributed by atoms with Gasteiger partial charge in [-0.05, 0) is 137 Å². The van der Waals surface area contributed by atoms with Crippen LogP contribution in [0.1, 0.15) is 129 Å². The summed E-state index contributed by atoms with van der Waals surface area (Å²) >= 11 is 0. The molecule has 0 radical (unpaired) electrons. The number of benzene rings is 3. The highest BCUT2D eigenvalue weighted by molar-refractivity contribution is 6.00. The number of aliphatic hydroxyl groups excluding tert-OH is 2. The molecule has 106 heavy (non-hydrogen) atoms. The topological polar surface area (TPSA) is 566 Å². The lowest BCUT2D eigenvalue weighted by molar-refractivity contribution is -0.153. The number of ether oxygens (including phenoxy) is 1. The molecule has 35 nitrogen and oxygen atoms in total. The number of phenolic OH excluding ortho intramolecular Hbond substituents is 3. The lowest BCUT2D eigenvalue weighted by Gasteiger charge is -2.30. The van der Waals surface area contributed by atoms with Crippen LogP contribution >= 0.6 is 0 Å². The molecule has 3 aromatic carbocycles. The molecule has 2 aliphatic heterocycles. The summed E-state index contributed by atoms with van der Waals surface area (Å²) in [6.45, 7) is 8.17. The standard InChI is InChI=1S/C71H102N14O21/c1-7-37(4)58-71(105)106-35-46(90)34-54(81-66(100)51(31-40-13-19-43(87)20-14-40)80-63(97)49(25-27-55(73)91)77-61(95)47-12-10-30-74-47)68(102)83-57(36(2)3)69(103)78-50(26-28-56(92)93)64(98)85-59(39(6)86)70(104)82-52(32-41-15-21-44(88)22-16-41)65(99)76-48(11-8-9-29-72)62(96)75-38(5)60(94)79-53(67(101)84-58)33-42-17-23-45(89)24-18-42/h13-24,36-39,46-54,57-59,74,86-90H,7-12,25-35,72H2,1-6H3,(H2,73,91)(H,75,96)(H,76,99)(H,77,95)(H,78,103)(H,79,94)(H,80,97)(H,81,100)(H,82,104)(H,83,102)(H,84,101)(H,85,98)(H,92,93)/t37?,38?,39?,46?,47-,48?,49?,50?,51?,52?,53?,54?,57?,58?,59?/m0/s1. The molecule has 12 amide bonds. The van der Waals surface area contributed by atoms with Gasteiger partial charge in [0.2, 0.25) is 70.9 Å². The molecule has 2 saturated heterocycles. The van der Waals surface area contributed by atoms with Gasteiger partial charge in [0, 0.05) is 38.5 Å². The van der Waals surface area contributed by atoms with Crippen LogP contribution in [0.15, 0.2) is 72.8 Å². The quantitative estimate of drug-likeness (QED) is 0.0275. The van der Waals surface area contributed by atoms with Crippen molar-refractivity contribution in [2.45, 2.75) is 216 Å². The van der Waals surface area contributed by atoms with E-state index in [1.54, 1.807) is 13.8 Å². The van der Waals surface area contributed by atoms with Crippen molar-refractivity contribution in [1.29, 1.82) is 0 Å². The van der Waals surface area contributed by atoms with E-state index in [1.165, 1.54) is 93.6 Å². The van der Waals surface area contributed by atoms with E-state index < -0.39 is 218 Å². The molecule has 5 rings (SSSR count). The van der Waals surface area contributed by atoms with Gasteiger partial charge in [0.1, 0.15) is 90.3 Å². The average Bonchev–Trinajstić information content (AvgIpc) is 0.961. The Labute approximate surface area is 612 Å². The van der Waals surface area contributed by atoms with Gasteiger partial charge in [-0.2, -0.15) is 0 Å². The SMILES string of the molecule is CCC(C)C1NC(=O)C(Cc2ccc(O)cc2)NC(=O)C(C)NC(=O)C(CCCCN)NC(=O)C(Cc2ccc(O)cc2)NC(=O)C(C(C)O)NC(=O)C(CCC(=O)O)NC(=O)C(C(C)C)NC(=O)C(NC(=O)C(Cc2ccc(O)cc2)NC(=O)C(CCC(N)=O)NC(=O)[C@@H]2CCCN2)CC(O)COC1=O. The van der Waals surface area contributed by atoms with Crippen LogP contribution in [-0.2, 0) is 91.1 Å². The number of hydrogen-bond donors (Lipinski definition) is 20. The van der Waals surface area contributed by atoms with Crippen molar-refractivity contribution in [3.8, 4) is 17.2 Å². The number of primary amides is 1. The fourth-order valence-corrected chi connectivity index (χ4v) is 11.5. The number of aromatic hydroxyl groups is 3. The Hall–Kier alpha value is -10.5. The number of carboxylic acid groups (broad SMARTS) is 1. The molecule has 3 aromatic rings. The molecule has 2 aliphatic rings. The molecule has 22 N–H and O–H groups in total. The van der Waals surface area contributed by atoms with Gasteiger partial charge in [-0.3, -0.25) is 62.3 Å². The van der Waals surface area contributed by atoms with Gasteiger partial charge in [0.15, 0.2) is 0 Å². The number of hydrogen-bond acceptors (Lipinski definition) is 22. The minimum atomic E-state index is -2.00. The molecule has 35 heteroatoms. The molecule has 0 saturated carbocycles. The molecule has 582 valence electrons. The van der Waals surface area contributed by atoms with Crippen molar-refractivity contribution in [3.05, 3.63) is 89.5 Å². The van der Waals surface area contributed by atoms with Crippen LogP contribution in [0.5, 0.6) is 17.2 Å². The molecule has 15 atom stereocenters. The number of cyclic esters (lactones) is 1. The van der Waals surface area contributed by atoms with E-state index in [0.717, 1.165) is 6.92 Å². The zero-order valence-corrected chi connectivity index (χ0v) is 60.1. The van der Waals surface area contributed by atoms with Crippen LogP contribution in [0.2, 0.25) is 0 Å². The van der Waals surface area contributed by atoms with Gasteiger partial charge in [0.25, 0.3) is 0 Å². The van der Waals surface area contributed by atoms with Gasteiger partial charge in [-0.1, -0.05) is 70.5 Å². The van der Waals surface area contributed by atoms with Crippen LogP contribution in [-0.4, -0.2) is 218 Å².